The molecule has 0 heterocycles. The normalized spacial score (nSPS) is 10.3. The quantitative estimate of drug-likeness (QED) is 0.612. The minimum atomic E-state index is -0.855. The summed E-state index contributed by atoms with van der Waals surface area (Å²) in [5.74, 6) is -0.855. The fraction of sp³-hybridized carbons (Fsp3) is 0.312. The Morgan fingerprint density at radius 1 is 1.28 bits per heavy atom. The topological polar surface area (TPSA) is 37.3 Å². The molecule has 0 unspecified atom stereocenters. The van der Waals surface area contributed by atoms with Gasteiger partial charge in [-0.2, -0.15) is 0 Å². The zero-order valence-corrected chi connectivity index (χ0v) is 11.2. The molecule has 0 aliphatic heterocycles. The number of hydrogen-bond donors (Lipinski definition) is 1. The highest BCUT2D eigenvalue weighted by molar-refractivity contribution is 5.79. The Kier molecular flexibility index (Phi) is 10.5. The Bertz CT molecular complexity index is 364. The van der Waals surface area contributed by atoms with Crippen molar-refractivity contribution in [1.29, 1.82) is 0 Å². The molecule has 0 bridgehead atoms. The number of benzene rings is 1. The lowest BCUT2D eigenvalue weighted by Crippen LogP contribution is -1.85. The maximum atomic E-state index is 9.88. The van der Waals surface area contributed by atoms with E-state index in [1.807, 2.05) is 31.2 Å². The zero-order chi connectivity index (χ0) is 13.6. The van der Waals surface area contributed by atoms with Crippen molar-refractivity contribution in [3.05, 3.63) is 54.1 Å². The second kappa shape index (κ2) is 11.6. The van der Waals surface area contributed by atoms with Crippen molar-refractivity contribution in [3.63, 3.8) is 0 Å². The summed E-state index contributed by atoms with van der Waals surface area (Å²) in [4.78, 5) is 9.88. The molecular weight excluding hydrogens is 224 g/mol. The van der Waals surface area contributed by atoms with Gasteiger partial charge in [-0.25, -0.2) is 4.79 Å². The molecular formula is C16H22O2. The van der Waals surface area contributed by atoms with Crippen molar-refractivity contribution in [3.8, 4) is 0 Å². The van der Waals surface area contributed by atoms with Crippen molar-refractivity contribution in [2.45, 2.75) is 33.1 Å². The molecule has 1 aromatic rings. The molecule has 0 atom stereocenters. The summed E-state index contributed by atoms with van der Waals surface area (Å²) in [5, 5.41) is 8.13. The summed E-state index contributed by atoms with van der Waals surface area (Å²) in [6.07, 6.45) is 10.1. The SMILES string of the molecule is CC=Cc1ccccc1.CCCCC=CC(=O)O. The predicted octanol–water partition coefficient (Wildman–Crippen LogP) is 4.54. The number of carboxylic acids is 1. The second-order valence-corrected chi connectivity index (χ2v) is 3.79. The van der Waals surface area contributed by atoms with E-state index in [0.717, 1.165) is 19.3 Å². The summed E-state index contributed by atoms with van der Waals surface area (Å²) in [6.45, 7) is 4.10. The van der Waals surface area contributed by atoms with Gasteiger partial charge in [0.15, 0.2) is 0 Å². The van der Waals surface area contributed by atoms with Crippen LogP contribution in [0.15, 0.2) is 48.6 Å². The molecule has 0 saturated heterocycles. The first kappa shape index (κ1) is 16.2. The Labute approximate surface area is 110 Å². The van der Waals surface area contributed by atoms with E-state index < -0.39 is 5.97 Å². The molecule has 0 fully saturated rings. The highest BCUT2D eigenvalue weighted by Crippen LogP contribution is 1.99. The summed E-state index contributed by atoms with van der Waals surface area (Å²) in [7, 11) is 0. The zero-order valence-electron chi connectivity index (χ0n) is 11.2. The number of aliphatic carboxylic acids is 1. The van der Waals surface area contributed by atoms with Gasteiger partial charge in [-0.05, 0) is 18.9 Å². The predicted molar refractivity (Wildman–Crippen MR) is 77.5 cm³/mol. The van der Waals surface area contributed by atoms with Crippen LogP contribution in [0, 0.1) is 0 Å². The molecule has 1 aromatic carbocycles. The van der Waals surface area contributed by atoms with E-state index in [0.29, 0.717) is 0 Å². The van der Waals surface area contributed by atoms with Crippen LogP contribution in [-0.2, 0) is 4.79 Å². The number of carboxylic acid groups (broad SMARTS) is 1. The van der Waals surface area contributed by atoms with Gasteiger partial charge in [-0.15, -0.1) is 0 Å². The molecule has 1 N–H and O–H groups in total. The van der Waals surface area contributed by atoms with Crippen molar-refractivity contribution in [1.82, 2.24) is 0 Å². The van der Waals surface area contributed by atoms with E-state index in [2.05, 4.69) is 25.1 Å². The van der Waals surface area contributed by atoms with Gasteiger partial charge in [-0.1, -0.05) is 68.3 Å². The number of unbranched alkanes of at least 4 members (excludes halogenated alkanes) is 2. The second-order valence-electron chi connectivity index (χ2n) is 3.79. The summed E-state index contributed by atoms with van der Waals surface area (Å²) in [5.41, 5.74) is 1.26. The fourth-order valence-electron chi connectivity index (χ4n) is 1.26. The molecule has 0 aliphatic carbocycles. The average molecular weight is 246 g/mol. The first-order chi connectivity index (χ1) is 8.70. The van der Waals surface area contributed by atoms with E-state index in [4.69, 9.17) is 5.11 Å². The lowest BCUT2D eigenvalue weighted by molar-refractivity contribution is -0.131. The molecule has 18 heavy (non-hydrogen) atoms. The van der Waals surface area contributed by atoms with Crippen molar-refractivity contribution in [2.75, 3.05) is 0 Å². The average Bonchev–Trinajstić information content (AvgIpc) is 2.37. The van der Waals surface area contributed by atoms with E-state index in [1.54, 1.807) is 6.08 Å². The van der Waals surface area contributed by atoms with Gasteiger partial charge in [0.1, 0.15) is 0 Å². The molecule has 1 rings (SSSR count). The van der Waals surface area contributed by atoms with E-state index in [-0.39, 0.29) is 0 Å². The fourth-order valence-corrected chi connectivity index (χ4v) is 1.26. The maximum absolute atomic E-state index is 9.88. The third kappa shape index (κ3) is 10.7. The van der Waals surface area contributed by atoms with Gasteiger partial charge in [0.25, 0.3) is 0 Å². The molecule has 2 nitrogen and oxygen atoms in total. The standard InChI is InChI=1S/C9H10.C7H12O2/c1-2-6-9-7-4-3-5-8-9;1-2-3-4-5-6-7(8)9/h2-8H,1H3;5-6H,2-4H2,1H3,(H,8,9). The van der Waals surface area contributed by atoms with Gasteiger partial charge >= 0.3 is 5.97 Å². The van der Waals surface area contributed by atoms with Gasteiger partial charge < -0.3 is 5.11 Å². The molecule has 2 heteroatoms. The smallest absolute Gasteiger partial charge is 0.327 e. The Morgan fingerprint density at radius 2 is 1.94 bits per heavy atom. The number of carbonyl (C=O) groups is 1. The largest absolute Gasteiger partial charge is 0.478 e. The van der Waals surface area contributed by atoms with Crippen LogP contribution in [-0.4, -0.2) is 11.1 Å². The van der Waals surface area contributed by atoms with Crippen molar-refractivity contribution >= 4 is 12.0 Å². The number of rotatable bonds is 5. The molecule has 0 radical (unpaired) electrons. The monoisotopic (exact) mass is 246 g/mol. The lowest BCUT2D eigenvalue weighted by Gasteiger charge is -1.86. The molecule has 0 saturated carbocycles. The molecule has 0 aliphatic rings. The third-order valence-electron chi connectivity index (χ3n) is 2.14. The molecule has 98 valence electrons. The van der Waals surface area contributed by atoms with Crippen molar-refractivity contribution < 1.29 is 9.90 Å². The highest BCUT2D eigenvalue weighted by atomic mass is 16.4. The minimum absolute atomic E-state index is 0.855. The van der Waals surface area contributed by atoms with Crippen LogP contribution in [0.3, 0.4) is 0 Å². The first-order valence-corrected chi connectivity index (χ1v) is 6.28. The minimum Gasteiger partial charge on any atom is -0.478 e. The molecule has 0 amide bonds. The Hall–Kier alpha value is -1.83. The third-order valence-corrected chi connectivity index (χ3v) is 2.14. The van der Waals surface area contributed by atoms with E-state index in [9.17, 15) is 4.79 Å². The molecule has 0 spiro atoms. The van der Waals surface area contributed by atoms with Crippen LogP contribution in [0.5, 0.6) is 0 Å². The first-order valence-electron chi connectivity index (χ1n) is 6.28. The van der Waals surface area contributed by atoms with Gasteiger partial charge in [0, 0.05) is 6.08 Å². The Balaban J connectivity index is 0.000000321. The van der Waals surface area contributed by atoms with Crippen LogP contribution in [0.25, 0.3) is 6.08 Å². The van der Waals surface area contributed by atoms with Crippen molar-refractivity contribution in [2.24, 2.45) is 0 Å². The lowest BCUT2D eigenvalue weighted by atomic mass is 10.2. The molecule has 0 aromatic heterocycles. The van der Waals surface area contributed by atoms with E-state index in [1.165, 1.54) is 11.6 Å². The summed E-state index contributed by atoms with van der Waals surface area (Å²) in [6, 6.07) is 10.3. The number of allylic oxidation sites excluding steroid dienone is 2. The van der Waals surface area contributed by atoms with Crippen LogP contribution in [0.4, 0.5) is 0 Å². The number of hydrogen-bond acceptors (Lipinski definition) is 1. The van der Waals surface area contributed by atoms with Gasteiger partial charge in [-0.3, -0.25) is 0 Å². The highest BCUT2D eigenvalue weighted by Gasteiger charge is 1.83. The summed E-state index contributed by atoms with van der Waals surface area (Å²) < 4.78 is 0. The van der Waals surface area contributed by atoms with Gasteiger partial charge in [0.2, 0.25) is 0 Å². The summed E-state index contributed by atoms with van der Waals surface area (Å²) >= 11 is 0. The Morgan fingerprint density at radius 3 is 2.44 bits per heavy atom. The van der Waals surface area contributed by atoms with Crippen LogP contribution in [0.2, 0.25) is 0 Å². The van der Waals surface area contributed by atoms with E-state index >= 15 is 0 Å². The van der Waals surface area contributed by atoms with Crippen LogP contribution in [0.1, 0.15) is 38.7 Å². The van der Waals surface area contributed by atoms with Crippen LogP contribution < -0.4 is 0 Å². The van der Waals surface area contributed by atoms with Crippen LogP contribution >= 0.6 is 0 Å². The van der Waals surface area contributed by atoms with Gasteiger partial charge in [0.05, 0.1) is 0 Å². The maximum Gasteiger partial charge on any atom is 0.327 e.